The van der Waals surface area contributed by atoms with Crippen LogP contribution in [0.5, 0.6) is 0 Å². The van der Waals surface area contributed by atoms with Crippen LogP contribution in [0.25, 0.3) is 0 Å². The summed E-state index contributed by atoms with van der Waals surface area (Å²) >= 11 is 0. The molecule has 9 heteroatoms. The Morgan fingerprint density at radius 3 is 2.33 bits per heavy atom. The highest BCUT2D eigenvalue weighted by molar-refractivity contribution is 7.88. The van der Waals surface area contributed by atoms with Crippen molar-refractivity contribution in [3.05, 3.63) is 46.7 Å². The number of ketones is 2. The van der Waals surface area contributed by atoms with Gasteiger partial charge in [0, 0.05) is 43.4 Å². The summed E-state index contributed by atoms with van der Waals surface area (Å²) in [5, 5.41) is 0. The molecule has 0 aliphatic heterocycles. The molecule has 0 amide bonds. The summed E-state index contributed by atoms with van der Waals surface area (Å²) in [5.41, 5.74) is -0.820. The fourth-order valence-corrected chi connectivity index (χ4v) is 3.53. The van der Waals surface area contributed by atoms with Gasteiger partial charge in [0.05, 0.1) is 11.8 Å². The average molecular weight is 400 g/mol. The molecule has 0 aromatic heterocycles. The smallest absolute Gasteiger partial charge is 0.209 e. The molecular formula is C18H22F2N2O4S. The predicted octanol–water partition coefficient (Wildman–Crippen LogP) is 2.18. The van der Waals surface area contributed by atoms with E-state index in [0.29, 0.717) is 12.8 Å². The molecule has 0 spiro atoms. The first-order valence-electron chi connectivity index (χ1n) is 8.34. The molecule has 1 saturated carbocycles. The van der Waals surface area contributed by atoms with Gasteiger partial charge >= 0.3 is 0 Å². The van der Waals surface area contributed by atoms with Gasteiger partial charge in [0.15, 0.2) is 23.2 Å². The number of Topliss-reactive ketones (excluding diaryl/α,β-unsaturated/α-hetero) is 2. The molecule has 1 aliphatic carbocycles. The van der Waals surface area contributed by atoms with Crippen molar-refractivity contribution in [3.8, 4) is 0 Å². The van der Waals surface area contributed by atoms with E-state index in [1.54, 1.807) is 14.1 Å². The first-order valence-corrected chi connectivity index (χ1v) is 10.2. The highest BCUT2D eigenvalue weighted by atomic mass is 32.2. The van der Waals surface area contributed by atoms with Gasteiger partial charge in [-0.05, 0) is 31.9 Å². The van der Waals surface area contributed by atoms with Gasteiger partial charge in [-0.25, -0.2) is 21.9 Å². The van der Waals surface area contributed by atoms with Crippen molar-refractivity contribution in [1.82, 2.24) is 9.62 Å². The van der Waals surface area contributed by atoms with E-state index in [1.165, 1.54) is 18.0 Å². The predicted molar refractivity (Wildman–Crippen MR) is 96.6 cm³/mol. The first-order chi connectivity index (χ1) is 12.4. The summed E-state index contributed by atoms with van der Waals surface area (Å²) in [6.07, 6.45) is 3.57. The summed E-state index contributed by atoms with van der Waals surface area (Å²) in [5.74, 6) is -3.91. The van der Waals surface area contributed by atoms with Crippen molar-refractivity contribution < 1.29 is 26.8 Å². The topological polar surface area (TPSA) is 83.6 Å². The van der Waals surface area contributed by atoms with Gasteiger partial charge in [-0.1, -0.05) is 0 Å². The molecular weight excluding hydrogens is 378 g/mol. The first kappa shape index (κ1) is 21.2. The van der Waals surface area contributed by atoms with E-state index < -0.39 is 39.0 Å². The summed E-state index contributed by atoms with van der Waals surface area (Å²) in [6.45, 7) is 1.30. The number of nitrogens with one attached hydrogen (secondary N) is 1. The standard InChI is InChI=1S/C18H22F2N2O4S/c1-10(21-27(4,25)26)15-12(7-8-14(19)16(15)20)18(24)13(9-22(2)3)17(23)11-5-6-11/h7-11,21H,5-6H2,1-4H3. The number of halogens is 2. The lowest BCUT2D eigenvalue weighted by Crippen LogP contribution is -2.28. The van der Waals surface area contributed by atoms with Crippen LogP contribution in [0.1, 0.15) is 41.7 Å². The van der Waals surface area contributed by atoms with Crippen molar-refractivity contribution in [1.29, 1.82) is 0 Å². The fraction of sp³-hybridized carbons (Fsp3) is 0.444. The third-order valence-electron chi connectivity index (χ3n) is 4.05. The van der Waals surface area contributed by atoms with Gasteiger partial charge in [-0.2, -0.15) is 0 Å². The second kappa shape index (κ2) is 7.85. The maximum atomic E-state index is 14.5. The molecule has 148 valence electrons. The Hall–Kier alpha value is -2.13. The molecule has 1 unspecified atom stereocenters. The minimum absolute atomic E-state index is 0.138. The van der Waals surface area contributed by atoms with Crippen LogP contribution in [0.2, 0.25) is 0 Å². The third-order valence-corrected chi connectivity index (χ3v) is 4.83. The van der Waals surface area contributed by atoms with Crippen LogP contribution in [-0.2, 0) is 14.8 Å². The highest BCUT2D eigenvalue weighted by Gasteiger charge is 2.36. The Bertz CT molecular complexity index is 906. The van der Waals surface area contributed by atoms with Crippen molar-refractivity contribution in [3.63, 3.8) is 0 Å². The minimum atomic E-state index is -3.74. The zero-order chi connectivity index (χ0) is 20.5. The third kappa shape index (κ3) is 5.20. The Labute approximate surface area is 157 Å². The number of nitrogens with zero attached hydrogens (tertiary/aromatic N) is 1. The van der Waals surface area contributed by atoms with E-state index >= 15 is 0 Å². The van der Waals surface area contributed by atoms with Crippen LogP contribution >= 0.6 is 0 Å². The quantitative estimate of drug-likeness (QED) is 0.313. The van der Waals surface area contributed by atoms with Gasteiger partial charge in [0.25, 0.3) is 0 Å². The Morgan fingerprint density at radius 2 is 1.85 bits per heavy atom. The summed E-state index contributed by atoms with van der Waals surface area (Å²) in [6, 6.07) is 0.653. The molecule has 1 aromatic rings. The fourth-order valence-electron chi connectivity index (χ4n) is 2.77. The van der Waals surface area contributed by atoms with Gasteiger partial charge in [-0.15, -0.1) is 0 Å². The summed E-state index contributed by atoms with van der Waals surface area (Å²) in [7, 11) is -0.478. The zero-order valence-electron chi connectivity index (χ0n) is 15.5. The number of benzene rings is 1. The lowest BCUT2D eigenvalue weighted by Gasteiger charge is -2.19. The zero-order valence-corrected chi connectivity index (χ0v) is 16.4. The summed E-state index contributed by atoms with van der Waals surface area (Å²) < 4.78 is 53.4. The lowest BCUT2D eigenvalue weighted by atomic mass is 9.92. The molecule has 6 nitrogen and oxygen atoms in total. The Kier molecular flexibility index (Phi) is 6.16. The number of hydrogen-bond donors (Lipinski definition) is 1. The number of carbonyl (C=O) groups is 2. The van der Waals surface area contributed by atoms with Crippen molar-refractivity contribution >= 4 is 21.6 Å². The highest BCUT2D eigenvalue weighted by Crippen LogP contribution is 2.34. The number of rotatable bonds is 8. The van der Waals surface area contributed by atoms with E-state index in [1.807, 2.05) is 0 Å². The van der Waals surface area contributed by atoms with Gasteiger partial charge < -0.3 is 4.90 Å². The maximum Gasteiger partial charge on any atom is 0.209 e. The van der Waals surface area contributed by atoms with Gasteiger partial charge in [-0.3, -0.25) is 9.59 Å². The second-order valence-electron chi connectivity index (χ2n) is 6.91. The SMILES string of the molecule is CC(NS(C)(=O)=O)c1c(C(=O)C(=CN(C)C)C(=O)C2CC2)ccc(F)c1F. The van der Waals surface area contributed by atoms with Crippen LogP contribution in [0.4, 0.5) is 8.78 Å². The van der Waals surface area contributed by atoms with Crippen LogP contribution < -0.4 is 4.72 Å². The summed E-state index contributed by atoms with van der Waals surface area (Å²) in [4.78, 5) is 27.1. The largest absolute Gasteiger partial charge is 0.383 e. The molecule has 1 aliphatic rings. The van der Waals surface area contributed by atoms with Crippen molar-refractivity contribution in [2.75, 3.05) is 20.4 Å². The molecule has 1 aromatic carbocycles. The van der Waals surface area contributed by atoms with Crippen molar-refractivity contribution in [2.45, 2.75) is 25.8 Å². The average Bonchev–Trinajstić information content (AvgIpc) is 3.36. The molecule has 0 saturated heterocycles. The van der Waals surface area contributed by atoms with Crippen LogP contribution in [0.3, 0.4) is 0 Å². The molecule has 1 N–H and O–H groups in total. The van der Waals surface area contributed by atoms with Crippen LogP contribution in [0, 0.1) is 17.6 Å². The van der Waals surface area contributed by atoms with Crippen LogP contribution in [-0.4, -0.2) is 45.2 Å². The molecule has 0 heterocycles. The van der Waals surface area contributed by atoms with E-state index in [4.69, 9.17) is 0 Å². The second-order valence-corrected chi connectivity index (χ2v) is 8.69. The van der Waals surface area contributed by atoms with E-state index in [-0.39, 0.29) is 22.8 Å². The van der Waals surface area contributed by atoms with Gasteiger partial charge in [0.1, 0.15) is 0 Å². The van der Waals surface area contributed by atoms with E-state index in [9.17, 15) is 26.8 Å². The molecule has 1 fully saturated rings. The Balaban J connectivity index is 2.57. The molecule has 27 heavy (non-hydrogen) atoms. The monoisotopic (exact) mass is 400 g/mol. The maximum absolute atomic E-state index is 14.5. The van der Waals surface area contributed by atoms with E-state index in [2.05, 4.69) is 4.72 Å². The Morgan fingerprint density at radius 1 is 1.26 bits per heavy atom. The van der Waals surface area contributed by atoms with Gasteiger partial charge in [0.2, 0.25) is 10.0 Å². The number of hydrogen-bond acceptors (Lipinski definition) is 5. The molecule has 2 rings (SSSR count). The lowest BCUT2D eigenvalue weighted by molar-refractivity contribution is -0.116. The number of carbonyl (C=O) groups excluding carboxylic acids is 2. The molecule has 0 radical (unpaired) electrons. The van der Waals surface area contributed by atoms with E-state index in [0.717, 1.165) is 18.4 Å². The molecule has 1 atom stereocenters. The molecule has 0 bridgehead atoms. The number of allylic oxidation sites excluding steroid dienone is 1. The van der Waals surface area contributed by atoms with Crippen LogP contribution in [0.15, 0.2) is 23.9 Å². The number of sulfonamides is 1. The minimum Gasteiger partial charge on any atom is -0.383 e. The normalized spacial score (nSPS) is 16.1. The van der Waals surface area contributed by atoms with Crippen molar-refractivity contribution in [2.24, 2.45) is 5.92 Å².